The van der Waals surface area contributed by atoms with Gasteiger partial charge in [0.15, 0.2) is 0 Å². The van der Waals surface area contributed by atoms with Crippen molar-refractivity contribution in [3.8, 4) is 11.3 Å². The molecule has 0 aliphatic heterocycles. The summed E-state index contributed by atoms with van der Waals surface area (Å²) in [7, 11) is 0. The summed E-state index contributed by atoms with van der Waals surface area (Å²) in [6.07, 6.45) is 1.71. The molecule has 0 aliphatic carbocycles. The summed E-state index contributed by atoms with van der Waals surface area (Å²) in [5, 5.41) is 0.836. The molecule has 0 aliphatic rings. The maximum atomic E-state index is 10.8. The fourth-order valence-electron chi connectivity index (χ4n) is 1.40. The second-order valence-electron chi connectivity index (χ2n) is 3.23. The second kappa shape index (κ2) is 5.05. The molecular formula is C12H5Cl3NO. The van der Waals surface area contributed by atoms with Crippen LogP contribution >= 0.6 is 34.8 Å². The highest BCUT2D eigenvalue weighted by atomic mass is 35.5. The first-order chi connectivity index (χ1) is 8.13. The number of hydrogen-bond donors (Lipinski definition) is 0. The maximum absolute atomic E-state index is 10.8. The average Bonchev–Trinajstić information content (AvgIpc) is 2.29. The fraction of sp³-hybridized carbons (Fsp3) is 0. The lowest BCUT2D eigenvalue weighted by molar-refractivity contribution is 0.563. The Bertz CT molecular complexity index is 584. The number of nitrogens with zero attached hydrogens (tertiary/aromatic N) is 1. The Balaban J connectivity index is 2.64. The molecule has 0 fully saturated rings. The van der Waals surface area contributed by atoms with Crippen molar-refractivity contribution in [1.82, 2.24) is 4.98 Å². The van der Waals surface area contributed by atoms with Gasteiger partial charge in [-0.2, -0.15) is 0 Å². The quantitative estimate of drug-likeness (QED) is 0.775. The fourth-order valence-corrected chi connectivity index (χ4v) is 2.11. The van der Waals surface area contributed by atoms with Crippen LogP contribution in [0.4, 0.5) is 0 Å². The van der Waals surface area contributed by atoms with Crippen LogP contribution in [0.25, 0.3) is 11.3 Å². The van der Waals surface area contributed by atoms with Crippen molar-refractivity contribution >= 4 is 41.1 Å². The molecule has 2 nitrogen and oxygen atoms in total. The van der Waals surface area contributed by atoms with Crippen molar-refractivity contribution in [2.45, 2.75) is 0 Å². The van der Waals surface area contributed by atoms with Crippen molar-refractivity contribution < 1.29 is 4.79 Å². The lowest BCUT2D eigenvalue weighted by Crippen LogP contribution is -1.91. The number of carbonyl (C=O) groups excluding carboxylic acids is 1. The molecule has 1 aromatic carbocycles. The van der Waals surface area contributed by atoms with Gasteiger partial charge in [0.2, 0.25) is 6.29 Å². The summed E-state index contributed by atoms with van der Waals surface area (Å²) >= 11 is 17.7. The van der Waals surface area contributed by atoms with Crippen LogP contribution in [-0.4, -0.2) is 11.3 Å². The van der Waals surface area contributed by atoms with E-state index in [1.54, 1.807) is 36.6 Å². The van der Waals surface area contributed by atoms with Crippen LogP contribution in [0.1, 0.15) is 5.56 Å². The molecule has 0 N–H and O–H groups in total. The van der Waals surface area contributed by atoms with Crippen LogP contribution in [0.2, 0.25) is 15.2 Å². The monoisotopic (exact) mass is 284 g/mol. The van der Waals surface area contributed by atoms with Gasteiger partial charge in [-0.1, -0.05) is 40.9 Å². The smallest absolute Gasteiger partial charge is 0.236 e. The summed E-state index contributed by atoms with van der Waals surface area (Å²) in [5.41, 5.74) is 1.31. The van der Waals surface area contributed by atoms with E-state index >= 15 is 0 Å². The van der Waals surface area contributed by atoms with E-state index in [9.17, 15) is 4.79 Å². The summed E-state index contributed by atoms with van der Waals surface area (Å²) < 4.78 is 0. The van der Waals surface area contributed by atoms with E-state index in [1.165, 1.54) is 0 Å². The second-order valence-corrected chi connectivity index (χ2v) is 4.40. The third kappa shape index (κ3) is 2.44. The number of pyridine rings is 1. The largest absolute Gasteiger partial charge is 0.285 e. The standard InChI is InChI=1S/C12H5Cl3NO/c13-9-5-4-7(12(15)8(9)6-17)10-2-1-3-11(14)16-10/h1-5H. The molecule has 5 heteroatoms. The molecule has 0 unspecified atom stereocenters. The first kappa shape index (κ1) is 12.4. The van der Waals surface area contributed by atoms with Crippen molar-refractivity contribution in [3.63, 3.8) is 0 Å². The van der Waals surface area contributed by atoms with Gasteiger partial charge in [0.05, 0.1) is 21.3 Å². The molecule has 0 amide bonds. The van der Waals surface area contributed by atoms with Gasteiger partial charge in [0.1, 0.15) is 5.15 Å². The van der Waals surface area contributed by atoms with Crippen molar-refractivity contribution in [2.24, 2.45) is 0 Å². The molecule has 2 aromatic rings. The normalized spacial score (nSPS) is 10.3. The van der Waals surface area contributed by atoms with E-state index in [4.69, 9.17) is 34.8 Å². The van der Waals surface area contributed by atoms with E-state index in [-0.39, 0.29) is 15.6 Å². The molecule has 0 spiro atoms. The third-order valence-corrected chi connectivity index (χ3v) is 3.10. The molecule has 0 atom stereocenters. The minimum Gasteiger partial charge on any atom is -0.285 e. The lowest BCUT2D eigenvalue weighted by Gasteiger charge is -2.06. The van der Waals surface area contributed by atoms with Gasteiger partial charge in [0, 0.05) is 5.56 Å². The topological polar surface area (TPSA) is 30.0 Å². The first-order valence-corrected chi connectivity index (χ1v) is 5.76. The minimum absolute atomic E-state index is 0.132. The van der Waals surface area contributed by atoms with Crippen molar-refractivity contribution in [2.75, 3.05) is 0 Å². The van der Waals surface area contributed by atoms with E-state index in [0.29, 0.717) is 16.4 Å². The van der Waals surface area contributed by atoms with Gasteiger partial charge in [0.25, 0.3) is 0 Å². The van der Waals surface area contributed by atoms with Crippen LogP contribution in [0.5, 0.6) is 0 Å². The van der Waals surface area contributed by atoms with Crippen LogP contribution in [0.3, 0.4) is 0 Å². The van der Waals surface area contributed by atoms with Crippen LogP contribution < -0.4 is 0 Å². The van der Waals surface area contributed by atoms with E-state index < -0.39 is 0 Å². The SMILES string of the molecule is O=[C]c1c(Cl)ccc(-c2cccc(Cl)n2)c1Cl. The van der Waals surface area contributed by atoms with Gasteiger partial charge < -0.3 is 0 Å². The first-order valence-electron chi connectivity index (χ1n) is 4.62. The Hall–Kier alpha value is -1.09. The van der Waals surface area contributed by atoms with Crippen LogP contribution in [0, 0.1) is 0 Å². The zero-order chi connectivity index (χ0) is 12.4. The Kier molecular flexibility index (Phi) is 3.67. The van der Waals surface area contributed by atoms with Crippen molar-refractivity contribution in [1.29, 1.82) is 0 Å². The average molecular weight is 286 g/mol. The maximum Gasteiger partial charge on any atom is 0.236 e. The third-order valence-electron chi connectivity index (χ3n) is 2.18. The molecule has 0 bridgehead atoms. The zero-order valence-electron chi connectivity index (χ0n) is 8.38. The number of halogens is 3. The molecule has 85 valence electrons. The van der Waals surface area contributed by atoms with Crippen LogP contribution in [-0.2, 0) is 4.79 Å². The van der Waals surface area contributed by atoms with E-state index in [0.717, 1.165) is 0 Å². The highest BCUT2D eigenvalue weighted by Crippen LogP contribution is 2.33. The lowest BCUT2D eigenvalue weighted by atomic mass is 10.1. The van der Waals surface area contributed by atoms with Gasteiger partial charge in [-0.3, -0.25) is 4.79 Å². The Morgan fingerprint density at radius 3 is 2.47 bits per heavy atom. The highest BCUT2D eigenvalue weighted by Gasteiger charge is 2.13. The Labute approximate surface area is 113 Å². The Morgan fingerprint density at radius 2 is 1.82 bits per heavy atom. The summed E-state index contributed by atoms with van der Waals surface area (Å²) in [6.45, 7) is 0. The van der Waals surface area contributed by atoms with Gasteiger partial charge in [-0.15, -0.1) is 0 Å². The van der Waals surface area contributed by atoms with Gasteiger partial charge in [-0.05, 0) is 24.3 Å². The van der Waals surface area contributed by atoms with Gasteiger partial charge in [-0.25, -0.2) is 4.98 Å². The number of aromatic nitrogens is 1. The minimum atomic E-state index is 0.132. The van der Waals surface area contributed by atoms with Gasteiger partial charge >= 0.3 is 0 Å². The summed E-state index contributed by atoms with van der Waals surface area (Å²) in [5.74, 6) is 0. The highest BCUT2D eigenvalue weighted by molar-refractivity contribution is 6.40. The molecule has 2 rings (SSSR count). The number of hydrogen-bond acceptors (Lipinski definition) is 2. The number of rotatable bonds is 2. The summed E-state index contributed by atoms with van der Waals surface area (Å²) in [4.78, 5) is 14.9. The Morgan fingerprint density at radius 1 is 1.06 bits per heavy atom. The number of benzene rings is 1. The molecule has 0 saturated carbocycles. The molecule has 0 saturated heterocycles. The van der Waals surface area contributed by atoms with E-state index in [1.807, 2.05) is 0 Å². The molecule has 1 heterocycles. The van der Waals surface area contributed by atoms with E-state index in [2.05, 4.69) is 4.98 Å². The van der Waals surface area contributed by atoms with Crippen LogP contribution in [0.15, 0.2) is 30.3 Å². The summed E-state index contributed by atoms with van der Waals surface area (Å²) in [6, 6.07) is 8.41. The van der Waals surface area contributed by atoms with Crippen molar-refractivity contribution in [3.05, 3.63) is 51.1 Å². The molecule has 17 heavy (non-hydrogen) atoms. The molecular weight excluding hydrogens is 280 g/mol. The predicted octanol–water partition coefficient (Wildman–Crippen LogP) is 4.17. The predicted molar refractivity (Wildman–Crippen MR) is 69.5 cm³/mol. The molecule has 1 aromatic heterocycles. The molecule has 1 radical (unpaired) electrons. The zero-order valence-corrected chi connectivity index (χ0v) is 10.6.